The molecule has 4 heteroatoms. The lowest BCUT2D eigenvalue weighted by atomic mass is 10.0. The summed E-state index contributed by atoms with van der Waals surface area (Å²) in [5.41, 5.74) is 0.657. The van der Waals surface area contributed by atoms with Crippen molar-refractivity contribution < 1.29 is 19.8 Å². The number of ketones is 1. The Hall–Kier alpha value is -1.84. The molecule has 0 spiro atoms. The largest absolute Gasteiger partial charge is 0.507 e. The minimum atomic E-state index is -0.967. The average molecular weight is 194 g/mol. The van der Waals surface area contributed by atoms with E-state index in [1.165, 1.54) is 25.1 Å². The Kier molecular flexibility index (Phi) is 2.86. The van der Waals surface area contributed by atoms with Crippen LogP contribution in [0.2, 0.25) is 0 Å². The van der Waals surface area contributed by atoms with Crippen LogP contribution in [-0.4, -0.2) is 22.0 Å². The van der Waals surface area contributed by atoms with Crippen molar-refractivity contribution in [2.45, 2.75) is 13.3 Å². The van der Waals surface area contributed by atoms with Gasteiger partial charge in [-0.3, -0.25) is 9.59 Å². The molecule has 0 atom stereocenters. The summed E-state index contributed by atoms with van der Waals surface area (Å²) in [5, 5.41) is 17.8. The summed E-state index contributed by atoms with van der Waals surface area (Å²) in [5.74, 6) is -1.37. The van der Waals surface area contributed by atoms with E-state index in [1.807, 2.05) is 0 Å². The number of carboxylic acids is 1. The van der Waals surface area contributed by atoms with Crippen LogP contribution in [0.4, 0.5) is 0 Å². The molecule has 0 saturated heterocycles. The maximum atomic E-state index is 11.0. The average Bonchev–Trinajstić information content (AvgIpc) is 2.07. The first kappa shape index (κ1) is 10.2. The van der Waals surface area contributed by atoms with Gasteiger partial charge in [-0.25, -0.2) is 0 Å². The topological polar surface area (TPSA) is 74.6 Å². The van der Waals surface area contributed by atoms with E-state index in [1.54, 1.807) is 0 Å². The zero-order chi connectivity index (χ0) is 10.7. The number of phenolic OH excluding ortho intramolecular Hbond substituents is 1. The number of hydrogen-bond acceptors (Lipinski definition) is 3. The van der Waals surface area contributed by atoms with E-state index in [-0.39, 0.29) is 23.5 Å². The highest BCUT2D eigenvalue weighted by atomic mass is 16.4. The molecule has 14 heavy (non-hydrogen) atoms. The molecule has 0 bridgehead atoms. The fourth-order valence-electron chi connectivity index (χ4n) is 1.15. The molecular weight excluding hydrogens is 184 g/mol. The molecule has 0 aliphatic carbocycles. The molecule has 1 aromatic carbocycles. The molecule has 1 rings (SSSR count). The number of Topliss-reactive ketones (excluding diaryl/α,β-unsaturated/α-hetero) is 1. The molecule has 2 N–H and O–H groups in total. The van der Waals surface area contributed by atoms with Crippen LogP contribution in [0.3, 0.4) is 0 Å². The monoisotopic (exact) mass is 194 g/mol. The van der Waals surface area contributed by atoms with E-state index >= 15 is 0 Å². The molecule has 4 nitrogen and oxygen atoms in total. The number of benzene rings is 1. The second-order valence-corrected chi connectivity index (χ2v) is 2.98. The van der Waals surface area contributed by atoms with Gasteiger partial charge < -0.3 is 10.2 Å². The van der Waals surface area contributed by atoms with Crippen molar-refractivity contribution in [1.82, 2.24) is 0 Å². The van der Waals surface area contributed by atoms with Gasteiger partial charge >= 0.3 is 5.97 Å². The summed E-state index contributed by atoms with van der Waals surface area (Å²) < 4.78 is 0. The molecule has 74 valence electrons. The van der Waals surface area contributed by atoms with Crippen LogP contribution >= 0.6 is 0 Å². The zero-order valence-electron chi connectivity index (χ0n) is 7.65. The van der Waals surface area contributed by atoms with Crippen molar-refractivity contribution >= 4 is 11.8 Å². The highest BCUT2D eigenvalue weighted by Crippen LogP contribution is 2.19. The molecule has 0 radical (unpaired) electrons. The molecule has 0 heterocycles. The van der Waals surface area contributed by atoms with Gasteiger partial charge in [-0.1, -0.05) is 6.07 Å². The zero-order valence-corrected chi connectivity index (χ0v) is 7.65. The Morgan fingerprint density at radius 1 is 1.36 bits per heavy atom. The number of carbonyl (C=O) groups is 2. The molecule has 0 fully saturated rings. The second kappa shape index (κ2) is 3.91. The van der Waals surface area contributed by atoms with Crippen molar-refractivity contribution in [3.05, 3.63) is 29.3 Å². The Morgan fingerprint density at radius 3 is 2.50 bits per heavy atom. The molecule has 1 aromatic rings. The normalized spacial score (nSPS) is 9.79. The number of carbonyl (C=O) groups excluding carboxylic acids is 1. The lowest BCUT2D eigenvalue weighted by molar-refractivity contribution is -0.136. The van der Waals surface area contributed by atoms with E-state index in [0.717, 1.165) is 0 Å². The molecule has 0 saturated carbocycles. The fourth-order valence-corrected chi connectivity index (χ4v) is 1.15. The van der Waals surface area contributed by atoms with Gasteiger partial charge in [0.1, 0.15) is 5.75 Å². The summed E-state index contributed by atoms with van der Waals surface area (Å²) in [6.45, 7) is 1.32. The number of aliphatic carboxylic acids is 1. The van der Waals surface area contributed by atoms with Gasteiger partial charge in [0.05, 0.1) is 12.0 Å². The van der Waals surface area contributed by atoms with Crippen molar-refractivity contribution in [3.63, 3.8) is 0 Å². The Labute approximate surface area is 80.8 Å². The van der Waals surface area contributed by atoms with Crippen LogP contribution in [0.25, 0.3) is 0 Å². The van der Waals surface area contributed by atoms with E-state index < -0.39 is 5.97 Å². The van der Waals surface area contributed by atoms with Crippen LogP contribution in [0.1, 0.15) is 22.8 Å². The molecule has 0 aromatic heterocycles. The number of rotatable bonds is 3. The molecule has 0 aliphatic rings. The fraction of sp³-hybridized carbons (Fsp3) is 0.200. The summed E-state index contributed by atoms with van der Waals surface area (Å²) >= 11 is 0. The number of aromatic hydroxyl groups is 1. The van der Waals surface area contributed by atoms with Gasteiger partial charge in [-0.05, 0) is 24.6 Å². The predicted molar refractivity (Wildman–Crippen MR) is 49.5 cm³/mol. The summed E-state index contributed by atoms with van der Waals surface area (Å²) in [6, 6.07) is 4.21. The quantitative estimate of drug-likeness (QED) is 0.709. The second-order valence-electron chi connectivity index (χ2n) is 2.98. The van der Waals surface area contributed by atoms with Crippen LogP contribution in [-0.2, 0) is 11.2 Å². The molecule has 0 unspecified atom stereocenters. The molecule has 0 amide bonds. The standard InChI is InChI=1S/C10H10O4/c1-6(11)8-4-7(5-10(13)14)2-3-9(8)12/h2-4,12H,5H2,1H3,(H,13,14). The smallest absolute Gasteiger partial charge is 0.307 e. The minimum Gasteiger partial charge on any atom is -0.507 e. The van der Waals surface area contributed by atoms with Crippen molar-refractivity contribution in [1.29, 1.82) is 0 Å². The lowest BCUT2D eigenvalue weighted by Crippen LogP contribution is -2.02. The van der Waals surface area contributed by atoms with Crippen LogP contribution in [0, 0.1) is 0 Å². The SMILES string of the molecule is CC(=O)c1cc(CC(=O)O)ccc1O. The van der Waals surface area contributed by atoms with E-state index in [9.17, 15) is 14.7 Å². The Bertz CT molecular complexity index is 382. The number of phenols is 1. The lowest BCUT2D eigenvalue weighted by Gasteiger charge is -2.02. The van der Waals surface area contributed by atoms with Crippen LogP contribution < -0.4 is 0 Å². The predicted octanol–water partition coefficient (Wildman–Crippen LogP) is 1.22. The Morgan fingerprint density at radius 2 is 2.00 bits per heavy atom. The van der Waals surface area contributed by atoms with Crippen LogP contribution in [0.15, 0.2) is 18.2 Å². The first-order chi connectivity index (χ1) is 6.50. The summed E-state index contributed by atoms with van der Waals surface area (Å²) in [4.78, 5) is 21.4. The third-order valence-corrected chi connectivity index (χ3v) is 1.80. The summed E-state index contributed by atoms with van der Waals surface area (Å²) in [6.07, 6.45) is -0.152. The summed E-state index contributed by atoms with van der Waals surface area (Å²) in [7, 11) is 0. The van der Waals surface area contributed by atoms with Crippen LogP contribution in [0.5, 0.6) is 5.75 Å². The van der Waals surface area contributed by atoms with Gasteiger partial charge in [-0.2, -0.15) is 0 Å². The molecular formula is C10H10O4. The Balaban J connectivity index is 3.06. The van der Waals surface area contributed by atoms with E-state index in [4.69, 9.17) is 5.11 Å². The minimum absolute atomic E-state index is 0.119. The maximum absolute atomic E-state index is 11.0. The number of hydrogen-bond donors (Lipinski definition) is 2. The van der Waals surface area contributed by atoms with Gasteiger partial charge in [0.2, 0.25) is 0 Å². The highest BCUT2D eigenvalue weighted by Gasteiger charge is 2.08. The first-order valence-corrected chi connectivity index (χ1v) is 4.05. The number of carboxylic acid groups (broad SMARTS) is 1. The third kappa shape index (κ3) is 2.32. The third-order valence-electron chi connectivity index (χ3n) is 1.80. The molecule has 0 aliphatic heterocycles. The van der Waals surface area contributed by atoms with Crippen molar-refractivity contribution in [3.8, 4) is 5.75 Å². The highest BCUT2D eigenvalue weighted by molar-refractivity contribution is 5.97. The first-order valence-electron chi connectivity index (χ1n) is 4.05. The van der Waals surface area contributed by atoms with Crippen molar-refractivity contribution in [2.75, 3.05) is 0 Å². The van der Waals surface area contributed by atoms with Gasteiger partial charge in [-0.15, -0.1) is 0 Å². The van der Waals surface area contributed by atoms with E-state index in [0.29, 0.717) is 5.56 Å². The van der Waals surface area contributed by atoms with E-state index in [2.05, 4.69) is 0 Å². The van der Waals surface area contributed by atoms with Gasteiger partial charge in [0, 0.05) is 0 Å². The maximum Gasteiger partial charge on any atom is 0.307 e. The van der Waals surface area contributed by atoms with Gasteiger partial charge in [0.25, 0.3) is 0 Å². The van der Waals surface area contributed by atoms with Crippen molar-refractivity contribution in [2.24, 2.45) is 0 Å². The van der Waals surface area contributed by atoms with Gasteiger partial charge in [0.15, 0.2) is 5.78 Å².